The molecule has 0 radical (unpaired) electrons. The summed E-state index contributed by atoms with van der Waals surface area (Å²) in [7, 11) is 0. The molecular formula is C13H15N3O2. The van der Waals surface area contributed by atoms with Gasteiger partial charge in [-0.3, -0.25) is 4.79 Å². The average Bonchev–Trinajstić information content (AvgIpc) is 2.92. The number of aliphatic hydroxyl groups is 1. The van der Waals surface area contributed by atoms with Crippen molar-refractivity contribution in [1.82, 2.24) is 15.1 Å². The summed E-state index contributed by atoms with van der Waals surface area (Å²) in [5.41, 5.74) is 1.46. The smallest absolute Gasteiger partial charge is 0.251 e. The van der Waals surface area contributed by atoms with Crippen LogP contribution in [0.3, 0.4) is 0 Å². The van der Waals surface area contributed by atoms with Crippen LogP contribution in [0.25, 0.3) is 5.69 Å². The number of aliphatic hydroxyl groups excluding tert-OH is 1. The van der Waals surface area contributed by atoms with Gasteiger partial charge in [-0.15, -0.1) is 0 Å². The molecule has 0 saturated heterocycles. The van der Waals surface area contributed by atoms with Gasteiger partial charge in [0.25, 0.3) is 5.91 Å². The number of nitrogens with one attached hydrogen (secondary N) is 1. The standard InChI is InChI=1S/C13H15N3O2/c1-10(9-17)15-13(18)11-3-5-12(6-4-11)16-8-2-7-14-16/h2-8,10,17H,9H2,1H3,(H,15,18)/t10-/m1/s1. The molecule has 0 unspecified atom stereocenters. The predicted molar refractivity (Wildman–Crippen MR) is 67.6 cm³/mol. The van der Waals surface area contributed by atoms with Crippen molar-refractivity contribution >= 4 is 5.91 Å². The number of hydrogen-bond donors (Lipinski definition) is 2. The Kier molecular flexibility index (Phi) is 3.74. The Labute approximate surface area is 105 Å². The van der Waals surface area contributed by atoms with Gasteiger partial charge in [-0.1, -0.05) is 0 Å². The molecule has 0 aliphatic rings. The van der Waals surface area contributed by atoms with Gasteiger partial charge in [0.15, 0.2) is 0 Å². The van der Waals surface area contributed by atoms with Crippen molar-refractivity contribution in [2.45, 2.75) is 13.0 Å². The maximum absolute atomic E-state index is 11.8. The largest absolute Gasteiger partial charge is 0.394 e. The van der Waals surface area contributed by atoms with Crippen LogP contribution < -0.4 is 5.32 Å². The molecule has 1 atom stereocenters. The molecule has 94 valence electrons. The minimum absolute atomic E-state index is 0.0723. The van der Waals surface area contributed by atoms with Crippen LogP contribution in [0.1, 0.15) is 17.3 Å². The molecule has 1 heterocycles. The summed E-state index contributed by atoms with van der Waals surface area (Å²) in [5.74, 6) is -0.191. The highest BCUT2D eigenvalue weighted by Gasteiger charge is 2.08. The van der Waals surface area contributed by atoms with Gasteiger partial charge < -0.3 is 10.4 Å². The Bertz CT molecular complexity index is 506. The third-order valence-electron chi connectivity index (χ3n) is 2.55. The van der Waals surface area contributed by atoms with Gasteiger partial charge in [0.1, 0.15) is 0 Å². The molecule has 0 spiro atoms. The van der Waals surface area contributed by atoms with Crippen molar-refractivity contribution in [3.05, 3.63) is 48.3 Å². The summed E-state index contributed by atoms with van der Waals surface area (Å²) < 4.78 is 1.72. The zero-order valence-corrected chi connectivity index (χ0v) is 10.1. The lowest BCUT2D eigenvalue weighted by atomic mass is 10.2. The van der Waals surface area contributed by atoms with E-state index in [4.69, 9.17) is 5.11 Å². The molecule has 2 N–H and O–H groups in total. The van der Waals surface area contributed by atoms with Crippen LogP contribution in [-0.4, -0.2) is 33.4 Å². The lowest BCUT2D eigenvalue weighted by Crippen LogP contribution is -2.34. The molecule has 5 heteroatoms. The molecular weight excluding hydrogens is 230 g/mol. The van der Waals surface area contributed by atoms with E-state index in [9.17, 15) is 4.79 Å². The summed E-state index contributed by atoms with van der Waals surface area (Å²) in [5, 5.41) is 15.7. The lowest BCUT2D eigenvalue weighted by Gasteiger charge is -2.11. The molecule has 1 aromatic heterocycles. The average molecular weight is 245 g/mol. The number of aromatic nitrogens is 2. The monoisotopic (exact) mass is 245 g/mol. The second-order valence-corrected chi connectivity index (χ2v) is 4.05. The maximum atomic E-state index is 11.8. The van der Waals surface area contributed by atoms with E-state index in [-0.39, 0.29) is 18.6 Å². The van der Waals surface area contributed by atoms with Crippen molar-refractivity contribution < 1.29 is 9.90 Å². The second-order valence-electron chi connectivity index (χ2n) is 4.05. The van der Waals surface area contributed by atoms with E-state index in [0.717, 1.165) is 5.69 Å². The van der Waals surface area contributed by atoms with Crippen LogP contribution in [0.4, 0.5) is 0 Å². The Morgan fingerprint density at radius 3 is 2.72 bits per heavy atom. The van der Waals surface area contributed by atoms with Crippen LogP contribution in [0.5, 0.6) is 0 Å². The van der Waals surface area contributed by atoms with Gasteiger partial charge in [-0.25, -0.2) is 4.68 Å². The van der Waals surface area contributed by atoms with Gasteiger partial charge >= 0.3 is 0 Å². The van der Waals surface area contributed by atoms with Crippen molar-refractivity contribution in [2.75, 3.05) is 6.61 Å². The molecule has 1 amide bonds. The highest BCUT2D eigenvalue weighted by molar-refractivity contribution is 5.94. The maximum Gasteiger partial charge on any atom is 0.251 e. The minimum Gasteiger partial charge on any atom is -0.394 e. The topological polar surface area (TPSA) is 67.2 Å². The number of amides is 1. The van der Waals surface area contributed by atoms with Gasteiger partial charge in [-0.2, -0.15) is 5.10 Å². The Morgan fingerprint density at radius 2 is 2.17 bits per heavy atom. The van der Waals surface area contributed by atoms with Crippen molar-refractivity contribution in [3.8, 4) is 5.69 Å². The van der Waals surface area contributed by atoms with E-state index in [1.807, 2.05) is 24.4 Å². The second kappa shape index (κ2) is 5.46. The van der Waals surface area contributed by atoms with Gasteiger partial charge in [0.2, 0.25) is 0 Å². The quantitative estimate of drug-likeness (QED) is 0.844. The number of hydrogen-bond acceptors (Lipinski definition) is 3. The SMILES string of the molecule is C[C@H](CO)NC(=O)c1ccc(-n2cccn2)cc1. The van der Waals surface area contributed by atoms with Crippen molar-refractivity contribution in [2.24, 2.45) is 0 Å². The first-order valence-corrected chi connectivity index (χ1v) is 5.72. The summed E-state index contributed by atoms with van der Waals surface area (Å²) in [6.45, 7) is 1.67. The fourth-order valence-electron chi connectivity index (χ4n) is 1.54. The first-order chi connectivity index (χ1) is 8.70. The molecule has 0 aliphatic carbocycles. The summed E-state index contributed by atoms with van der Waals surface area (Å²) in [6.07, 6.45) is 3.53. The van der Waals surface area contributed by atoms with Gasteiger partial charge in [0, 0.05) is 24.0 Å². The van der Waals surface area contributed by atoms with E-state index >= 15 is 0 Å². The van der Waals surface area contributed by atoms with E-state index in [1.165, 1.54) is 0 Å². The zero-order valence-electron chi connectivity index (χ0n) is 10.1. The van der Waals surface area contributed by atoms with Gasteiger partial charge in [0.05, 0.1) is 12.3 Å². The molecule has 5 nitrogen and oxygen atoms in total. The van der Waals surface area contributed by atoms with Crippen LogP contribution in [0.15, 0.2) is 42.7 Å². The van der Waals surface area contributed by atoms with E-state index in [0.29, 0.717) is 5.56 Å². The van der Waals surface area contributed by atoms with Gasteiger partial charge in [-0.05, 0) is 37.3 Å². The van der Waals surface area contributed by atoms with Crippen LogP contribution in [-0.2, 0) is 0 Å². The summed E-state index contributed by atoms with van der Waals surface area (Å²) >= 11 is 0. The minimum atomic E-state index is -0.247. The molecule has 0 fully saturated rings. The number of nitrogens with zero attached hydrogens (tertiary/aromatic N) is 2. The van der Waals surface area contributed by atoms with Crippen LogP contribution in [0.2, 0.25) is 0 Å². The fraction of sp³-hybridized carbons (Fsp3) is 0.231. The summed E-state index contributed by atoms with van der Waals surface area (Å²) in [4.78, 5) is 11.8. The molecule has 0 aliphatic heterocycles. The van der Waals surface area contributed by atoms with Crippen LogP contribution >= 0.6 is 0 Å². The van der Waals surface area contributed by atoms with Crippen LogP contribution in [0, 0.1) is 0 Å². The van der Waals surface area contributed by atoms with Crippen molar-refractivity contribution in [3.63, 3.8) is 0 Å². The molecule has 0 saturated carbocycles. The number of benzene rings is 1. The number of rotatable bonds is 4. The Morgan fingerprint density at radius 1 is 1.44 bits per heavy atom. The van der Waals surface area contributed by atoms with Crippen molar-refractivity contribution in [1.29, 1.82) is 0 Å². The first-order valence-electron chi connectivity index (χ1n) is 5.72. The lowest BCUT2D eigenvalue weighted by molar-refractivity contribution is 0.0922. The highest BCUT2D eigenvalue weighted by Crippen LogP contribution is 2.08. The number of carbonyl (C=O) groups is 1. The normalized spacial score (nSPS) is 12.1. The highest BCUT2D eigenvalue weighted by atomic mass is 16.3. The molecule has 0 bridgehead atoms. The third kappa shape index (κ3) is 2.75. The summed E-state index contributed by atoms with van der Waals surface area (Å²) in [6, 6.07) is 8.70. The molecule has 1 aromatic carbocycles. The molecule has 18 heavy (non-hydrogen) atoms. The molecule has 2 rings (SSSR count). The first kappa shape index (κ1) is 12.3. The van der Waals surface area contributed by atoms with E-state index in [2.05, 4.69) is 10.4 Å². The zero-order chi connectivity index (χ0) is 13.0. The third-order valence-corrected chi connectivity index (χ3v) is 2.55. The Balaban J connectivity index is 2.10. The molecule has 2 aromatic rings. The van der Waals surface area contributed by atoms with E-state index < -0.39 is 0 Å². The Hall–Kier alpha value is -2.14. The fourth-order valence-corrected chi connectivity index (χ4v) is 1.54. The van der Waals surface area contributed by atoms with E-state index in [1.54, 1.807) is 29.9 Å². The number of carbonyl (C=O) groups excluding carboxylic acids is 1. The predicted octanol–water partition coefficient (Wildman–Crippen LogP) is 0.983.